The monoisotopic (exact) mass is 297 g/mol. The Balaban J connectivity index is 2.98. The molecule has 6 heteroatoms. The molecule has 17 heavy (non-hydrogen) atoms. The summed E-state index contributed by atoms with van der Waals surface area (Å²) in [4.78, 5) is 15.6. The molecular formula is C11H12BrN3O2. The van der Waals surface area contributed by atoms with Crippen LogP contribution in [0, 0.1) is 11.3 Å². The molecule has 5 nitrogen and oxygen atoms in total. The first-order valence-electron chi connectivity index (χ1n) is 4.95. The van der Waals surface area contributed by atoms with Crippen LogP contribution in [-0.4, -0.2) is 24.1 Å². The number of ether oxygens (including phenoxy) is 1. The lowest BCUT2D eigenvalue weighted by Gasteiger charge is -2.13. The molecule has 90 valence electrons. The van der Waals surface area contributed by atoms with Gasteiger partial charge in [0.05, 0.1) is 19.6 Å². The fraction of sp³-hybridized carbons (Fsp3) is 0.364. The van der Waals surface area contributed by atoms with Gasteiger partial charge in [0.2, 0.25) is 0 Å². The Morgan fingerprint density at radius 3 is 3.06 bits per heavy atom. The maximum Gasteiger partial charge on any atom is 0.341 e. The third-order valence-corrected chi connectivity index (χ3v) is 2.47. The van der Waals surface area contributed by atoms with Crippen LogP contribution >= 0.6 is 15.9 Å². The number of nitrogens with one attached hydrogen (secondary N) is 1. The molecule has 0 aliphatic carbocycles. The van der Waals surface area contributed by atoms with Gasteiger partial charge < -0.3 is 10.1 Å². The summed E-state index contributed by atoms with van der Waals surface area (Å²) in [5, 5.41) is 11.6. The van der Waals surface area contributed by atoms with Crippen molar-refractivity contribution in [2.24, 2.45) is 0 Å². The molecule has 0 spiro atoms. The van der Waals surface area contributed by atoms with Crippen LogP contribution in [0.15, 0.2) is 16.7 Å². The van der Waals surface area contributed by atoms with Gasteiger partial charge >= 0.3 is 5.97 Å². The number of anilines is 1. The summed E-state index contributed by atoms with van der Waals surface area (Å²) >= 11 is 3.24. The van der Waals surface area contributed by atoms with Crippen molar-refractivity contribution in [3.8, 4) is 6.07 Å². The van der Waals surface area contributed by atoms with Crippen molar-refractivity contribution in [2.75, 3.05) is 12.4 Å². The van der Waals surface area contributed by atoms with E-state index in [4.69, 9.17) is 5.26 Å². The Morgan fingerprint density at radius 2 is 2.47 bits per heavy atom. The van der Waals surface area contributed by atoms with Crippen LogP contribution in [-0.2, 0) is 4.74 Å². The second kappa shape index (κ2) is 6.21. The maximum atomic E-state index is 11.5. The number of hydrogen-bond donors (Lipinski definition) is 1. The highest BCUT2D eigenvalue weighted by molar-refractivity contribution is 9.10. The van der Waals surface area contributed by atoms with E-state index in [2.05, 4.69) is 31.0 Å². The Kier molecular flexibility index (Phi) is 4.91. The Labute approximate surface area is 108 Å². The van der Waals surface area contributed by atoms with Crippen molar-refractivity contribution >= 4 is 27.7 Å². The zero-order valence-electron chi connectivity index (χ0n) is 9.53. The number of halogens is 1. The molecule has 1 aromatic rings. The highest BCUT2D eigenvalue weighted by Crippen LogP contribution is 2.19. The van der Waals surface area contributed by atoms with Crippen molar-refractivity contribution < 1.29 is 9.53 Å². The van der Waals surface area contributed by atoms with E-state index in [0.29, 0.717) is 22.3 Å². The minimum absolute atomic E-state index is 0.0860. The van der Waals surface area contributed by atoms with E-state index in [-0.39, 0.29) is 6.04 Å². The molecule has 0 radical (unpaired) electrons. The van der Waals surface area contributed by atoms with Gasteiger partial charge in [-0.15, -0.1) is 0 Å². The number of carbonyl (C=O) groups is 1. The number of pyridine rings is 1. The molecule has 0 saturated heterocycles. The Hall–Kier alpha value is -1.61. The van der Waals surface area contributed by atoms with Gasteiger partial charge in [-0.05, 0) is 28.9 Å². The molecule has 0 saturated carbocycles. The van der Waals surface area contributed by atoms with Crippen molar-refractivity contribution in [1.29, 1.82) is 5.26 Å². The van der Waals surface area contributed by atoms with Gasteiger partial charge in [-0.3, -0.25) is 0 Å². The highest BCUT2D eigenvalue weighted by atomic mass is 79.9. The summed E-state index contributed by atoms with van der Waals surface area (Å²) in [5.41, 5.74) is 0.340. The smallest absolute Gasteiger partial charge is 0.341 e. The first-order chi connectivity index (χ1) is 8.08. The molecule has 1 N–H and O–H groups in total. The van der Waals surface area contributed by atoms with E-state index < -0.39 is 5.97 Å². The summed E-state index contributed by atoms with van der Waals surface area (Å²) in [6.07, 6.45) is 1.91. The Morgan fingerprint density at radius 1 is 1.76 bits per heavy atom. The van der Waals surface area contributed by atoms with Gasteiger partial charge in [0.25, 0.3) is 0 Å². The largest absolute Gasteiger partial charge is 0.465 e. The summed E-state index contributed by atoms with van der Waals surface area (Å²) in [5.74, 6) is -0.0479. The van der Waals surface area contributed by atoms with E-state index in [0.717, 1.165) is 0 Å². The number of carbonyl (C=O) groups excluding carboxylic acids is 1. The fourth-order valence-corrected chi connectivity index (χ4v) is 1.57. The van der Waals surface area contributed by atoms with E-state index in [1.54, 1.807) is 12.3 Å². The molecule has 1 rings (SSSR count). The second-order valence-electron chi connectivity index (χ2n) is 3.45. The van der Waals surface area contributed by atoms with Crippen molar-refractivity contribution in [3.63, 3.8) is 0 Å². The normalized spacial score (nSPS) is 11.4. The number of hydrogen-bond acceptors (Lipinski definition) is 5. The van der Waals surface area contributed by atoms with E-state index in [9.17, 15) is 4.79 Å². The summed E-state index contributed by atoms with van der Waals surface area (Å²) < 4.78 is 5.36. The lowest BCUT2D eigenvalue weighted by atomic mass is 10.2. The number of aromatic nitrogens is 1. The minimum atomic E-state index is -0.467. The number of nitrogens with zero attached hydrogens (tertiary/aromatic N) is 2. The van der Waals surface area contributed by atoms with Gasteiger partial charge in [-0.25, -0.2) is 9.78 Å². The van der Waals surface area contributed by atoms with Gasteiger partial charge in [0.15, 0.2) is 0 Å². The summed E-state index contributed by atoms with van der Waals surface area (Å²) in [7, 11) is 1.31. The van der Waals surface area contributed by atoms with Gasteiger partial charge in [0, 0.05) is 16.7 Å². The zero-order valence-corrected chi connectivity index (χ0v) is 11.1. The van der Waals surface area contributed by atoms with Crippen LogP contribution in [0.25, 0.3) is 0 Å². The van der Waals surface area contributed by atoms with E-state index >= 15 is 0 Å². The minimum Gasteiger partial charge on any atom is -0.465 e. The van der Waals surface area contributed by atoms with Crippen molar-refractivity contribution in [3.05, 3.63) is 22.3 Å². The van der Waals surface area contributed by atoms with Crippen molar-refractivity contribution in [1.82, 2.24) is 4.98 Å². The van der Waals surface area contributed by atoms with Gasteiger partial charge in [-0.1, -0.05) is 0 Å². The molecule has 1 heterocycles. The predicted molar refractivity (Wildman–Crippen MR) is 66.6 cm³/mol. The topological polar surface area (TPSA) is 75.0 Å². The van der Waals surface area contributed by atoms with Gasteiger partial charge in [-0.2, -0.15) is 5.26 Å². The predicted octanol–water partition coefficient (Wildman–Crippen LogP) is 2.34. The zero-order chi connectivity index (χ0) is 12.8. The summed E-state index contributed by atoms with van der Waals surface area (Å²) in [6, 6.07) is 3.59. The van der Waals surface area contributed by atoms with E-state index in [1.165, 1.54) is 7.11 Å². The second-order valence-corrected chi connectivity index (χ2v) is 4.36. The average Bonchev–Trinajstić information content (AvgIpc) is 2.30. The molecule has 0 fully saturated rings. The van der Waals surface area contributed by atoms with Gasteiger partial charge in [0.1, 0.15) is 11.4 Å². The molecule has 1 aromatic heterocycles. The van der Waals surface area contributed by atoms with Crippen LogP contribution in [0.3, 0.4) is 0 Å². The highest BCUT2D eigenvalue weighted by Gasteiger charge is 2.15. The number of rotatable bonds is 4. The van der Waals surface area contributed by atoms with Crippen molar-refractivity contribution in [2.45, 2.75) is 19.4 Å². The molecular weight excluding hydrogens is 286 g/mol. The molecule has 0 bridgehead atoms. The Bertz CT molecular complexity index is 457. The quantitative estimate of drug-likeness (QED) is 0.864. The number of esters is 1. The summed E-state index contributed by atoms with van der Waals surface area (Å²) in [6.45, 7) is 1.84. The SMILES string of the molecule is COC(=O)c1cc(Br)cnc1N[C@H](C)CC#N. The molecule has 1 atom stereocenters. The standard InChI is InChI=1S/C11H12BrN3O2/c1-7(3-4-13)15-10-9(11(16)17-2)5-8(12)6-14-10/h5-7H,3H2,1-2H3,(H,14,15)/t7-/m1/s1. The first kappa shape index (κ1) is 13.5. The van der Waals surface area contributed by atoms with E-state index in [1.807, 2.05) is 13.0 Å². The fourth-order valence-electron chi connectivity index (χ4n) is 1.24. The third kappa shape index (κ3) is 3.71. The number of nitriles is 1. The van der Waals surface area contributed by atoms with Crippen LogP contribution in [0.4, 0.5) is 5.82 Å². The molecule has 0 unspecified atom stereocenters. The molecule has 0 amide bonds. The van der Waals surface area contributed by atoms with Crippen LogP contribution < -0.4 is 5.32 Å². The third-order valence-electron chi connectivity index (χ3n) is 2.04. The van der Waals surface area contributed by atoms with Crippen LogP contribution in [0.2, 0.25) is 0 Å². The van der Waals surface area contributed by atoms with Crippen LogP contribution in [0.5, 0.6) is 0 Å². The molecule has 0 aliphatic rings. The molecule has 0 aliphatic heterocycles. The molecule has 0 aromatic carbocycles. The maximum absolute atomic E-state index is 11.5. The van der Waals surface area contributed by atoms with Crippen LogP contribution in [0.1, 0.15) is 23.7 Å². The lowest BCUT2D eigenvalue weighted by Crippen LogP contribution is -2.18. The lowest BCUT2D eigenvalue weighted by molar-refractivity contribution is 0.0601. The number of methoxy groups -OCH3 is 1. The first-order valence-corrected chi connectivity index (χ1v) is 5.75. The average molecular weight is 298 g/mol.